The zero-order valence-electron chi connectivity index (χ0n) is 17.6. The van der Waals surface area contributed by atoms with Crippen LogP contribution in [0.2, 0.25) is 0 Å². The van der Waals surface area contributed by atoms with Crippen molar-refractivity contribution < 1.29 is 0 Å². The molecule has 0 spiro atoms. The van der Waals surface area contributed by atoms with Crippen LogP contribution in [-0.2, 0) is 12.8 Å². The van der Waals surface area contributed by atoms with Crippen LogP contribution in [0.25, 0.3) is 11.0 Å². The molecule has 1 N–H and O–H groups in total. The van der Waals surface area contributed by atoms with Gasteiger partial charge in [0.1, 0.15) is 0 Å². The van der Waals surface area contributed by atoms with Crippen LogP contribution in [0.4, 0.5) is 5.69 Å². The van der Waals surface area contributed by atoms with Gasteiger partial charge in [-0.25, -0.2) is 9.67 Å². The third kappa shape index (κ3) is 2.81. The third-order valence-electron chi connectivity index (χ3n) is 6.11. The fraction of sp³-hybridized carbons (Fsp3) is 0.240. The largest absolute Gasteiger partial charge is 0.387 e. The standard InChI is InChI=1S/C25H25N5/c1-16(17-9-5-4-6-10-17)30-25-21(15-28-30)22(26-2)20-14-13-18-11-7-8-12-19(18)23(27-3)24(20)29-25/h4-12,15-16H,13-14H2,1-3H3,(H,26,29)/b27-23+. The molecule has 30 heavy (non-hydrogen) atoms. The molecule has 0 radical (unpaired) electrons. The van der Waals surface area contributed by atoms with E-state index in [9.17, 15) is 0 Å². The lowest BCUT2D eigenvalue weighted by atomic mass is 10.0. The predicted molar refractivity (Wildman–Crippen MR) is 123 cm³/mol. The van der Waals surface area contributed by atoms with Crippen LogP contribution in [0.1, 0.15) is 40.9 Å². The highest BCUT2D eigenvalue weighted by molar-refractivity contribution is 6.16. The van der Waals surface area contributed by atoms with Gasteiger partial charge in [-0.3, -0.25) is 4.99 Å². The SMILES string of the molecule is C/N=C1\c2ccccc2CCc2c1nc1c(cnn1C(C)c1ccccc1)c2NC. The molecule has 1 unspecified atom stereocenters. The molecule has 4 aromatic rings. The van der Waals surface area contributed by atoms with Crippen molar-refractivity contribution in [2.75, 3.05) is 19.4 Å². The highest BCUT2D eigenvalue weighted by Gasteiger charge is 2.26. The van der Waals surface area contributed by atoms with E-state index in [1.54, 1.807) is 0 Å². The van der Waals surface area contributed by atoms with Gasteiger partial charge in [-0.05, 0) is 30.9 Å². The van der Waals surface area contributed by atoms with Crippen molar-refractivity contribution in [1.29, 1.82) is 0 Å². The summed E-state index contributed by atoms with van der Waals surface area (Å²) in [5.74, 6) is 0. The molecule has 1 aliphatic rings. The number of aliphatic imine (C=N–C) groups is 1. The molecule has 5 heteroatoms. The maximum Gasteiger partial charge on any atom is 0.161 e. The first kappa shape index (κ1) is 18.6. The molecule has 2 aromatic carbocycles. The number of fused-ring (bicyclic) bond motifs is 3. The van der Waals surface area contributed by atoms with E-state index in [-0.39, 0.29) is 6.04 Å². The Balaban J connectivity index is 1.76. The zero-order chi connectivity index (χ0) is 20.7. The second kappa shape index (κ2) is 7.41. The van der Waals surface area contributed by atoms with Crippen LogP contribution in [0.15, 0.2) is 65.8 Å². The van der Waals surface area contributed by atoms with E-state index in [1.165, 1.54) is 22.3 Å². The molecule has 1 atom stereocenters. The van der Waals surface area contributed by atoms with Crippen LogP contribution in [0.3, 0.4) is 0 Å². The van der Waals surface area contributed by atoms with Gasteiger partial charge in [0, 0.05) is 25.2 Å². The molecule has 0 saturated heterocycles. The van der Waals surface area contributed by atoms with Gasteiger partial charge in [0.15, 0.2) is 5.65 Å². The summed E-state index contributed by atoms with van der Waals surface area (Å²) in [5.41, 5.74) is 8.83. The summed E-state index contributed by atoms with van der Waals surface area (Å²) >= 11 is 0. The van der Waals surface area contributed by atoms with E-state index < -0.39 is 0 Å². The van der Waals surface area contributed by atoms with Crippen LogP contribution >= 0.6 is 0 Å². The van der Waals surface area contributed by atoms with Crippen molar-refractivity contribution in [1.82, 2.24) is 14.8 Å². The number of rotatable bonds is 3. The van der Waals surface area contributed by atoms with Crippen LogP contribution in [0.5, 0.6) is 0 Å². The second-order valence-electron chi connectivity index (χ2n) is 7.71. The molecule has 2 heterocycles. The van der Waals surface area contributed by atoms with Crippen molar-refractivity contribution in [2.24, 2.45) is 4.99 Å². The van der Waals surface area contributed by atoms with Gasteiger partial charge in [0.05, 0.1) is 34.7 Å². The average Bonchev–Trinajstić information content (AvgIpc) is 3.14. The minimum absolute atomic E-state index is 0.0824. The number of hydrogen-bond donors (Lipinski definition) is 1. The summed E-state index contributed by atoms with van der Waals surface area (Å²) < 4.78 is 2.02. The van der Waals surface area contributed by atoms with E-state index in [4.69, 9.17) is 10.1 Å². The molecular formula is C25H25N5. The van der Waals surface area contributed by atoms with Crippen molar-refractivity contribution in [3.05, 3.63) is 88.7 Å². The maximum atomic E-state index is 5.17. The molecule has 0 bridgehead atoms. The molecule has 5 nitrogen and oxygen atoms in total. The monoisotopic (exact) mass is 395 g/mol. The van der Waals surface area contributed by atoms with Gasteiger partial charge in [-0.1, -0.05) is 54.6 Å². The Labute approximate surface area is 176 Å². The first-order valence-corrected chi connectivity index (χ1v) is 10.4. The molecular weight excluding hydrogens is 370 g/mol. The van der Waals surface area contributed by atoms with Gasteiger partial charge in [-0.15, -0.1) is 0 Å². The van der Waals surface area contributed by atoms with Gasteiger partial charge in [0.25, 0.3) is 0 Å². The molecule has 0 saturated carbocycles. The van der Waals surface area contributed by atoms with Gasteiger partial charge in [0.2, 0.25) is 0 Å². The third-order valence-corrected chi connectivity index (χ3v) is 6.11. The van der Waals surface area contributed by atoms with E-state index >= 15 is 0 Å². The summed E-state index contributed by atoms with van der Waals surface area (Å²) in [6, 6.07) is 19.1. The van der Waals surface area contributed by atoms with E-state index in [1.807, 2.05) is 31.0 Å². The number of aromatic nitrogens is 3. The normalized spacial score (nSPS) is 15.5. The van der Waals surface area contributed by atoms with Gasteiger partial charge < -0.3 is 5.32 Å². The quantitative estimate of drug-likeness (QED) is 0.549. The minimum atomic E-state index is 0.0824. The summed E-state index contributed by atoms with van der Waals surface area (Å²) in [4.78, 5) is 9.86. The molecule has 0 fully saturated rings. The predicted octanol–water partition coefficient (Wildman–Crippen LogP) is 4.65. The summed E-state index contributed by atoms with van der Waals surface area (Å²) in [5, 5.41) is 9.24. The number of benzene rings is 2. The zero-order valence-corrected chi connectivity index (χ0v) is 17.6. The number of pyridine rings is 1. The highest BCUT2D eigenvalue weighted by Crippen LogP contribution is 2.35. The summed E-state index contributed by atoms with van der Waals surface area (Å²) in [6.45, 7) is 2.16. The van der Waals surface area contributed by atoms with Crippen molar-refractivity contribution in [3.63, 3.8) is 0 Å². The van der Waals surface area contributed by atoms with Gasteiger partial charge >= 0.3 is 0 Å². The first-order valence-electron chi connectivity index (χ1n) is 10.4. The fourth-order valence-corrected chi connectivity index (χ4v) is 4.56. The van der Waals surface area contributed by atoms with Crippen LogP contribution in [-0.4, -0.2) is 34.6 Å². The van der Waals surface area contributed by atoms with Crippen molar-refractivity contribution in [2.45, 2.75) is 25.8 Å². The number of hydrogen-bond acceptors (Lipinski definition) is 4. The Bertz CT molecular complexity index is 1250. The Morgan fingerprint density at radius 1 is 1.03 bits per heavy atom. The second-order valence-corrected chi connectivity index (χ2v) is 7.71. The van der Waals surface area contributed by atoms with E-state index in [0.717, 1.165) is 41.0 Å². The Kier molecular flexibility index (Phi) is 4.58. The molecule has 5 rings (SSSR count). The fourth-order valence-electron chi connectivity index (χ4n) is 4.56. The lowest BCUT2D eigenvalue weighted by Crippen LogP contribution is -2.14. The van der Waals surface area contributed by atoms with Crippen LogP contribution in [0, 0.1) is 0 Å². The Morgan fingerprint density at radius 2 is 1.80 bits per heavy atom. The number of anilines is 1. The highest BCUT2D eigenvalue weighted by atomic mass is 15.3. The maximum absolute atomic E-state index is 5.17. The van der Waals surface area contributed by atoms with Crippen molar-refractivity contribution in [3.8, 4) is 0 Å². The molecule has 1 aliphatic carbocycles. The van der Waals surface area contributed by atoms with Gasteiger partial charge in [-0.2, -0.15) is 5.10 Å². The smallest absolute Gasteiger partial charge is 0.161 e. The van der Waals surface area contributed by atoms with Crippen molar-refractivity contribution >= 4 is 22.4 Å². The molecule has 0 aliphatic heterocycles. The molecule has 0 amide bonds. The molecule has 150 valence electrons. The topological polar surface area (TPSA) is 55.1 Å². The number of nitrogens with zero attached hydrogens (tertiary/aromatic N) is 4. The lowest BCUT2D eigenvalue weighted by molar-refractivity contribution is 0.579. The Hall–Kier alpha value is -3.47. The number of aryl methyl sites for hydroxylation is 1. The van der Waals surface area contributed by atoms with Crippen LogP contribution < -0.4 is 5.32 Å². The van der Waals surface area contributed by atoms with E-state index in [2.05, 4.69) is 65.8 Å². The Morgan fingerprint density at radius 3 is 2.57 bits per heavy atom. The molecule has 2 aromatic heterocycles. The number of nitrogens with one attached hydrogen (secondary N) is 1. The average molecular weight is 396 g/mol. The van der Waals surface area contributed by atoms with E-state index in [0.29, 0.717) is 0 Å². The first-order chi connectivity index (χ1) is 14.7. The lowest BCUT2D eigenvalue weighted by Gasteiger charge is -2.17. The summed E-state index contributed by atoms with van der Waals surface area (Å²) in [7, 11) is 3.84. The summed E-state index contributed by atoms with van der Waals surface area (Å²) in [6.07, 6.45) is 3.83. The minimum Gasteiger partial charge on any atom is -0.387 e.